The van der Waals surface area contributed by atoms with Crippen molar-refractivity contribution in [1.29, 1.82) is 0 Å². The van der Waals surface area contributed by atoms with Crippen LogP contribution < -0.4 is 5.73 Å². The number of amides is 1. The fourth-order valence-electron chi connectivity index (χ4n) is 2.43. The minimum atomic E-state index is -0.480. The first-order valence-electron chi connectivity index (χ1n) is 6.57. The third kappa shape index (κ3) is 3.12. The minimum Gasteiger partial charge on any atom is -0.341 e. The Morgan fingerprint density at radius 1 is 1.44 bits per heavy atom. The number of hydrogen-bond donors (Lipinski definition) is 1. The van der Waals surface area contributed by atoms with Crippen LogP contribution in [0, 0.1) is 5.41 Å². The van der Waals surface area contributed by atoms with Gasteiger partial charge in [0.05, 0.1) is 0 Å². The lowest BCUT2D eigenvalue weighted by Gasteiger charge is -2.25. The van der Waals surface area contributed by atoms with Crippen LogP contribution in [0.15, 0.2) is 17.5 Å². The summed E-state index contributed by atoms with van der Waals surface area (Å²) in [6.45, 7) is 6.24. The second kappa shape index (κ2) is 5.41. The van der Waals surface area contributed by atoms with E-state index >= 15 is 0 Å². The summed E-state index contributed by atoms with van der Waals surface area (Å²) >= 11 is 1.56. The second-order valence-electron chi connectivity index (χ2n) is 5.84. The van der Waals surface area contributed by atoms with Crippen molar-refractivity contribution >= 4 is 17.2 Å². The number of carbonyl (C=O) groups excluding carboxylic acids is 1. The molecule has 1 aromatic heterocycles. The quantitative estimate of drug-likeness (QED) is 0.894. The van der Waals surface area contributed by atoms with Crippen molar-refractivity contribution in [2.24, 2.45) is 11.1 Å². The van der Waals surface area contributed by atoms with E-state index < -0.39 is 6.04 Å². The summed E-state index contributed by atoms with van der Waals surface area (Å²) in [7, 11) is 0. The Morgan fingerprint density at radius 2 is 2.22 bits per heavy atom. The van der Waals surface area contributed by atoms with E-state index in [2.05, 4.69) is 13.8 Å². The van der Waals surface area contributed by atoms with Gasteiger partial charge < -0.3 is 10.6 Å². The number of hydrogen-bond acceptors (Lipinski definition) is 3. The van der Waals surface area contributed by atoms with Crippen LogP contribution >= 0.6 is 11.3 Å². The maximum Gasteiger partial charge on any atom is 0.244 e. The zero-order valence-corrected chi connectivity index (χ0v) is 12.0. The molecular weight excluding hydrogens is 244 g/mol. The smallest absolute Gasteiger partial charge is 0.244 e. The Labute approximate surface area is 113 Å². The van der Waals surface area contributed by atoms with Crippen molar-refractivity contribution in [2.75, 3.05) is 13.1 Å². The van der Waals surface area contributed by atoms with Crippen LogP contribution in [0.1, 0.15) is 44.0 Å². The van der Waals surface area contributed by atoms with Crippen LogP contribution in [0.5, 0.6) is 0 Å². The Kier molecular flexibility index (Phi) is 4.07. The highest BCUT2D eigenvalue weighted by Gasteiger charge is 2.28. The van der Waals surface area contributed by atoms with Crippen molar-refractivity contribution in [3.63, 3.8) is 0 Å². The highest BCUT2D eigenvalue weighted by molar-refractivity contribution is 7.10. The summed E-state index contributed by atoms with van der Waals surface area (Å²) in [5.41, 5.74) is 6.40. The van der Waals surface area contributed by atoms with Gasteiger partial charge in [-0.1, -0.05) is 19.9 Å². The molecule has 1 amide bonds. The molecule has 2 rings (SSSR count). The van der Waals surface area contributed by atoms with Gasteiger partial charge in [0, 0.05) is 18.0 Å². The van der Waals surface area contributed by atoms with Gasteiger partial charge in [-0.2, -0.15) is 0 Å². The average Bonchev–Trinajstić information content (AvgIpc) is 2.79. The number of carbonyl (C=O) groups is 1. The first-order chi connectivity index (χ1) is 8.49. The summed E-state index contributed by atoms with van der Waals surface area (Å²) in [4.78, 5) is 15.3. The lowest BCUT2D eigenvalue weighted by Crippen LogP contribution is -2.39. The highest BCUT2D eigenvalue weighted by Crippen LogP contribution is 2.30. The van der Waals surface area contributed by atoms with E-state index in [9.17, 15) is 4.79 Å². The van der Waals surface area contributed by atoms with Gasteiger partial charge in [-0.25, -0.2) is 0 Å². The standard InChI is InChI=1S/C14H22N2OS/c1-14(2)6-4-8-16(9-7-14)13(17)12(15)11-5-3-10-18-11/h3,5,10,12H,4,6-9,15H2,1-2H3. The highest BCUT2D eigenvalue weighted by atomic mass is 32.1. The van der Waals surface area contributed by atoms with E-state index in [1.165, 1.54) is 6.42 Å². The molecule has 100 valence electrons. The zero-order chi connectivity index (χ0) is 13.2. The molecule has 0 saturated carbocycles. The second-order valence-corrected chi connectivity index (χ2v) is 6.82. The molecule has 1 saturated heterocycles. The predicted octanol–water partition coefficient (Wildman–Crippen LogP) is 2.79. The van der Waals surface area contributed by atoms with Crippen LogP contribution in [0.2, 0.25) is 0 Å². The number of rotatable bonds is 2. The molecule has 0 aromatic carbocycles. The molecule has 1 atom stereocenters. The number of thiophene rings is 1. The largest absolute Gasteiger partial charge is 0.341 e. The van der Waals surface area contributed by atoms with Crippen molar-refractivity contribution in [2.45, 2.75) is 39.2 Å². The van der Waals surface area contributed by atoms with E-state index in [1.54, 1.807) is 11.3 Å². The molecule has 1 aliphatic heterocycles. The van der Waals surface area contributed by atoms with Crippen LogP contribution in [0.3, 0.4) is 0 Å². The van der Waals surface area contributed by atoms with E-state index in [1.807, 2.05) is 22.4 Å². The topological polar surface area (TPSA) is 46.3 Å². The fraction of sp³-hybridized carbons (Fsp3) is 0.643. The average molecular weight is 266 g/mol. The molecule has 0 bridgehead atoms. The SMILES string of the molecule is CC1(C)CCCN(C(=O)C(N)c2cccs2)CC1. The predicted molar refractivity (Wildman–Crippen MR) is 75.5 cm³/mol. The summed E-state index contributed by atoms with van der Waals surface area (Å²) < 4.78 is 0. The van der Waals surface area contributed by atoms with Crippen LogP contribution in [0.25, 0.3) is 0 Å². The van der Waals surface area contributed by atoms with Crippen LogP contribution in [-0.2, 0) is 4.79 Å². The molecule has 18 heavy (non-hydrogen) atoms. The molecule has 3 nitrogen and oxygen atoms in total. The number of nitrogens with zero attached hydrogens (tertiary/aromatic N) is 1. The summed E-state index contributed by atoms with van der Waals surface area (Å²) in [6, 6.07) is 3.40. The molecule has 1 aromatic rings. The van der Waals surface area contributed by atoms with Gasteiger partial charge in [0.1, 0.15) is 6.04 Å². The molecule has 0 aliphatic carbocycles. The monoisotopic (exact) mass is 266 g/mol. The molecule has 4 heteroatoms. The van der Waals surface area contributed by atoms with Gasteiger partial charge in [-0.15, -0.1) is 11.3 Å². The Bertz CT molecular complexity index is 400. The summed E-state index contributed by atoms with van der Waals surface area (Å²) in [5, 5.41) is 1.97. The third-order valence-corrected chi connectivity index (χ3v) is 4.72. The van der Waals surface area contributed by atoms with Gasteiger partial charge in [0.25, 0.3) is 0 Å². The first kappa shape index (κ1) is 13.6. The maximum absolute atomic E-state index is 12.4. The molecule has 0 radical (unpaired) electrons. The van der Waals surface area contributed by atoms with E-state index in [-0.39, 0.29) is 5.91 Å². The number of nitrogens with two attached hydrogens (primary N) is 1. The fourth-order valence-corrected chi connectivity index (χ4v) is 3.15. The van der Waals surface area contributed by atoms with Crippen molar-refractivity contribution in [1.82, 2.24) is 4.90 Å². The molecule has 1 unspecified atom stereocenters. The normalized spacial score (nSPS) is 21.4. The lowest BCUT2D eigenvalue weighted by molar-refractivity contribution is -0.132. The Hall–Kier alpha value is -0.870. The molecule has 1 aliphatic rings. The summed E-state index contributed by atoms with van der Waals surface area (Å²) in [6.07, 6.45) is 3.33. The van der Waals surface area contributed by atoms with Gasteiger partial charge >= 0.3 is 0 Å². The molecule has 1 fully saturated rings. The maximum atomic E-state index is 12.4. The van der Waals surface area contributed by atoms with Gasteiger partial charge in [-0.05, 0) is 36.1 Å². The van der Waals surface area contributed by atoms with Crippen molar-refractivity contribution < 1.29 is 4.79 Å². The number of likely N-dealkylation sites (tertiary alicyclic amines) is 1. The van der Waals surface area contributed by atoms with Gasteiger partial charge in [-0.3, -0.25) is 4.79 Å². The van der Waals surface area contributed by atoms with Crippen LogP contribution in [-0.4, -0.2) is 23.9 Å². The molecule has 0 spiro atoms. The molecule has 2 N–H and O–H groups in total. The van der Waals surface area contributed by atoms with E-state index in [0.29, 0.717) is 5.41 Å². The van der Waals surface area contributed by atoms with Crippen molar-refractivity contribution in [3.8, 4) is 0 Å². The van der Waals surface area contributed by atoms with Crippen LogP contribution in [0.4, 0.5) is 0 Å². The Morgan fingerprint density at radius 3 is 2.89 bits per heavy atom. The molecular formula is C14H22N2OS. The van der Waals surface area contributed by atoms with E-state index in [4.69, 9.17) is 5.73 Å². The zero-order valence-electron chi connectivity index (χ0n) is 11.2. The summed E-state index contributed by atoms with van der Waals surface area (Å²) in [5.74, 6) is 0.0788. The van der Waals surface area contributed by atoms with E-state index in [0.717, 1.165) is 30.8 Å². The lowest BCUT2D eigenvalue weighted by atomic mass is 9.85. The minimum absolute atomic E-state index is 0.0788. The van der Waals surface area contributed by atoms with Gasteiger partial charge in [0.15, 0.2) is 0 Å². The Balaban J connectivity index is 2.01. The first-order valence-corrected chi connectivity index (χ1v) is 7.45. The molecule has 2 heterocycles. The van der Waals surface area contributed by atoms with Gasteiger partial charge in [0.2, 0.25) is 5.91 Å². The van der Waals surface area contributed by atoms with Crippen molar-refractivity contribution in [3.05, 3.63) is 22.4 Å². The third-order valence-electron chi connectivity index (χ3n) is 3.77.